The molecule has 1 heterocycles. The molecule has 0 saturated carbocycles. The third-order valence-corrected chi connectivity index (χ3v) is 4.85. The van der Waals surface area contributed by atoms with E-state index < -0.39 is 10.2 Å². The summed E-state index contributed by atoms with van der Waals surface area (Å²) in [7, 11) is -3.18. The molecular weight excluding hydrogens is 226 g/mol. The van der Waals surface area contributed by atoms with Crippen LogP contribution in [0.25, 0.3) is 0 Å². The molecule has 0 atom stereocenters. The largest absolute Gasteiger partial charge is 0.330 e. The van der Waals surface area contributed by atoms with E-state index >= 15 is 0 Å². The molecular formula is C10H23N3O2S. The van der Waals surface area contributed by atoms with Gasteiger partial charge in [0.15, 0.2) is 0 Å². The third-order valence-electron chi connectivity index (χ3n) is 2.82. The number of hydrogen-bond donors (Lipinski definition) is 1. The van der Waals surface area contributed by atoms with Crippen LogP contribution >= 0.6 is 0 Å². The van der Waals surface area contributed by atoms with Gasteiger partial charge in [0.05, 0.1) is 0 Å². The summed E-state index contributed by atoms with van der Waals surface area (Å²) in [5.41, 5.74) is 5.39. The van der Waals surface area contributed by atoms with Crippen molar-refractivity contribution >= 4 is 10.2 Å². The van der Waals surface area contributed by atoms with E-state index in [1.54, 1.807) is 8.61 Å². The molecule has 16 heavy (non-hydrogen) atoms. The van der Waals surface area contributed by atoms with Crippen molar-refractivity contribution in [2.45, 2.75) is 26.7 Å². The Morgan fingerprint density at radius 1 is 1.19 bits per heavy atom. The molecule has 1 rings (SSSR count). The Balaban J connectivity index is 2.51. The van der Waals surface area contributed by atoms with Crippen LogP contribution in [0.3, 0.4) is 0 Å². The average molecular weight is 249 g/mol. The second-order valence-corrected chi connectivity index (χ2v) is 6.56. The first-order chi connectivity index (χ1) is 7.48. The van der Waals surface area contributed by atoms with E-state index in [2.05, 4.69) is 13.8 Å². The van der Waals surface area contributed by atoms with E-state index in [0.717, 1.165) is 12.8 Å². The van der Waals surface area contributed by atoms with E-state index in [1.807, 2.05) is 0 Å². The van der Waals surface area contributed by atoms with Gasteiger partial charge in [-0.25, -0.2) is 0 Å². The molecule has 0 radical (unpaired) electrons. The van der Waals surface area contributed by atoms with E-state index in [0.29, 0.717) is 38.6 Å². The van der Waals surface area contributed by atoms with Gasteiger partial charge < -0.3 is 5.73 Å². The molecule has 0 aromatic rings. The van der Waals surface area contributed by atoms with Crippen LogP contribution in [-0.2, 0) is 10.2 Å². The van der Waals surface area contributed by atoms with E-state index in [4.69, 9.17) is 5.73 Å². The van der Waals surface area contributed by atoms with Crippen molar-refractivity contribution in [1.82, 2.24) is 8.61 Å². The van der Waals surface area contributed by atoms with Crippen molar-refractivity contribution in [2.75, 3.05) is 32.7 Å². The van der Waals surface area contributed by atoms with E-state index in [-0.39, 0.29) is 0 Å². The fourth-order valence-corrected chi connectivity index (χ4v) is 3.39. The zero-order chi connectivity index (χ0) is 12.2. The first-order valence-corrected chi connectivity index (χ1v) is 7.33. The maximum atomic E-state index is 12.0. The SMILES string of the molecule is CC(C)CCN1CCN(CCCN)S1(=O)=O. The third kappa shape index (κ3) is 3.41. The van der Waals surface area contributed by atoms with Crippen molar-refractivity contribution in [2.24, 2.45) is 11.7 Å². The highest BCUT2D eigenvalue weighted by atomic mass is 32.2. The van der Waals surface area contributed by atoms with Crippen LogP contribution in [0.4, 0.5) is 0 Å². The Morgan fingerprint density at radius 2 is 1.75 bits per heavy atom. The normalized spacial score (nSPS) is 22.0. The summed E-state index contributed by atoms with van der Waals surface area (Å²) in [4.78, 5) is 0. The van der Waals surface area contributed by atoms with Gasteiger partial charge in [0, 0.05) is 26.2 Å². The Bertz CT molecular complexity index is 303. The predicted molar refractivity (Wildman–Crippen MR) is 65.2 cm³/mol. The van der Waals surface area contributed by atoms with Crippen LogP contribution in [0.15, 0.2) is 0 Å². The maximum absolute atomic E-state index is 12.0. The molecule has 0 aromatic carbocycles. The Labute approximate surface area is 98.8 Å². The van der Waals surface area contributed by atoms with Gasteiger partial charge in [0.25, 0.3) is 10.2 Å². The first-order valence-electron chi connectivity index (χ1n) is 5.93. The van der Waals surface area contributed by atoms with Crippen molar-refractivity contribution < 1.29 is 8.42 Å². The fourth-order valence-electron chi connectivity index (χ4n) is 1.74. The fraction of sp³-hybridized carbons (Fsp3) is 1.00. The number of nitrogens with zero attached hydrogens (tertiary/aromatic N) is 2. The molecule has 96 valence electrons. The lowest BCUT2D eigenvalue weighted by Gasteiger charge is -2.18. The summed E-state index contributed by atoms with van der Waals surface area (Å²) in [6.07, 6.45) is 1.65. The Morgan fingerprint density at radius 3 is 2.25 bits per heavy atom. The summed E-state index contributed by atoms with van der Waals surface area (Å²) < 4.78 is 27.2. The van der Waals surface area contributed by atoms with Gasteiger partial charge in [-0.15, -0.1) is 0 Å². The van der Waals surface area contributed by atoms with Gasteiger partial charge in [-0.05, 0) is 25.3 Å². The summed E-state index contributed by atoms with van der Waals surface area (Å²) >= 11 is 0. The minimum Gasteiger partial charge on any atom is -0.330 e. The van der Waals surface area contributed by atoms with Gasteiger partial charge >= 0.3 is 0 Å². The lowest BCUT2D eigenvalue weighted by molar-refractivity contribution is 0.409. The van der Waals surface area contributed by atoms with Crippen molar-refractivity contribution in [1.29, 1.82) is 0 Å². The number of rotatable bonds is 6. The first kappa shape index (κ1) is 13.9. The predicted octanol–water partition coefficient (Wildman–Crippen LogP) is 0.244. The highest BCUT2D eigenvalue weighted by Crippen LogP contribution is 2.17. The second kappa shape index (κ2) is 5.95. The van der Waals surface area contributed by atoms with Crippen molar-refractivity contribution in [3.63, 3.8) is 0 Å². The van der Waals surface area contributed by atoms with Crippen molar-refractivity contribution in [3.8, 4) is 0 Å². The van der Waals surface area contributed by atoms with Crippen molar-refractivity contribution in [3.05, 3.63) is 0 Å². The molecule has 1 saturated heterocycles. The Hall–Kier alpha value is -0.170. The molecule has 0 spiro atoms. The Kier molecular flexibility index (Phi) is 5.17. The number of nitrogens with two attached hydrogens (primary N) is 1. The van der Waals surface area contributed by atoms with Gasteiger partial charge in [-0.3, -0.25) is 0 Å². The molecule has 0 unspecified atom stereocenters. The zero-order valence-corrected chi connectivity index (χ0v) is 11.0. The van der Waals surface area contributed by atoms with Crippen LogP contribution in [-0.4, -0.2) is 49.8 Å². The summed E-state index contributed by atoms with van der Waals surface area (Å²) in [6, 6.07) is 0. The molecule has 1 fully saturated rings. The van der Waals surface area contributed by atoms with Gasteiger partial charge in [-0.2, -0.15) is 17.0 Å². The van der Waals surface area contributed by atoms with Gasteiger partial charge in [0.1, 0.15) is 0 Å². The quantitative estimate of drug-likeness (QED) is 0.733. The van der Waals surface area contributed by atoms with E-state index in [9.17, 15) is 8.42 Å². The molecule has 1 aliphatic heterocycles. The molecule has 2 N–H and O–H groups in total. The summed E-state index contributed by atoms with van der Waals surface area (Å²) in [5.74, 6) is 0.535. The molecule has 0 aliphatic carbocycles. The molecule has 1 aliphatic rings. The maximum Gasteiger partial charge on any atom is 0.282 e. The summed E-state index contributed by atoms with van der Waals surface area (Å²) in [5, 5.41) is 0. The van der Waals surface area contributed by atoms with Crippen LogP contribution in [0.1, 0.15) is 26.7 Å². The van der Waals surface area contributed by atoms with Gasteiger partial charge in [0.2, 0.25) is 0 Å². The van der Waals surface area contributed by atoms with E-state index in [1.165, 1.54) is 0 Å². The molecule has 5 nitrogen and oxygen atoms in total. The topological polar surface area (TPSA) is 66.6 Å². The number of hydrogen-bond acceptors (Lipinski definition) is 3. The highest BCUT2D eigenvalue weighted by Gasteiger charge is 2.35. The molecule has 6 heteroatoms. The molecule has 0 amide bonds. The monoisotopic (exact) mass is 249 g/mol. The zero-order valence-electron chi connectivity index (χ0n) is 10.2. The minimum atomic E-state index is -3.18. The lowest BCUT2D eigenvalue weighted by Crippen LogP contribution is -2.35. The van der Waals surface area contributed by atoms with Crippen LogP contribution in [0.2, 0.25) is 0 Å². The second-order valence-electron chi connectivity index (χ2n) is 4.63. The average Bonchev–Trinajstić information content (AvgIpc) is 2.47. The molecule has 0 aromatic heterocycles. The van der Waals surface area contributed by atoms with Crippen LogP contribution in [0, 0.1) is 5.92 Å². The van der Waals surface area contributed by atoms with Gasteiger partial charge in [-0.1, -0.05) is 13.8 Å². The van der Waals surface area contributed by atoms with Crippen LogP contribution in [0.5, 0.6) is 0 Å². The standard InChI is InChI=1S/C10H23N3O2S/c1-10(2)4-7-13-9-8-12(6-3-5-11)16(13,14)15/h10H,3-9,11H2,1-2H3. The van der Waals surface area contributed by atoms with Crippen LogP contribution < -0.4 is 5.73 Å². The molecule has 0 bridgehead atoms. The highest BCUT2D eigenvalue weighted by molar-refractivity contribution is 7.87. The lowest BCUT2D eigenvalue weighted by atomic mass is 10.1. The summed E-state index contributed by atoms with van der Waals surface area (Å²) in [6.45, 7) is 7.18. The minimum absolute atomic E-state index is 0.535. The smallest absolute Gasteiger partial charge is 0.282 e.